The molecule has 0 aromatic heterocycles. The van der Waals surface area contributed by atoms with E-state index in [1.807, 2.05) is 0 Å². The van der Waals surface area contributed by atoms with Crippen LogP contribution in [-0.2, 0) is 9.47 Å². The Labute approximate surface area is 127 Å². The molecule has 0 unspecified atom stereocenters. The van der Waals surface area contributed by atoms with Crippen molar-refractivity contribution in [2.75, 3.05) is 39.4 Å². The van der Waals surface area contributed by atoms with E-state index in [0.717, 1.165) is 0 Å². The maximum Gasteiger partial charge on any atom is 0.411 e. The van der Waals surface area contributed by atoms with Gasteiger partial charge in [-0.25, -0.2) is 4.79 Å². The fraction of sp³-hybridized carbons (Fsp3) is 0.846. The zero-order valence-electron chi connectivity index (χ0n) is 13.0. The number of hydrogen-bond donors (Lipinski definition) is 1. The summed E-state index contributed by atoms with van der Waals surface area (Å²) in [6.45, 7) is 5.28. The molecule has 1 N–H and O–H groups in total. The first kappa shape index (κ1) is 18.5. The molecule has 22 heavy (non-hydrogen) atoms. The Kier molecular flexibility index (Phi) is 6.46. The standard InChI is InChI=1S/C13H22F3N3O3/c1-12(2,3)22-11(20)19-6-4-17-10(8-19)18-5-7-21-9-13(14,15)16/h4-9H2,1-3H3,(H,17,18). The minimum absolute atomic E-state index is 0.0923. The van der Waals surface area contributed by atoms with Crippen molar-refractivity contribution in [1.82, 2.24) is 10.2 Å². The second-order valence-electron chi connectivity index (χ2n) is 5.82. The van der Waals surface area contributed by atoms with Crippen LogP contribution in [-0.4, -0.2) is 68.0 Å². The van der Waals surface area contributed by atoms with Gasteiger partial charge in [0.2, 0.25) is 0 Å². The maximum atomic E-state index is 11.9. The molecule has 1 rings (SSSR count). The van der Waals surface area contributed by atoms with Crippen molar-refractivity contribution in [2.45, 2.75) is 32.5 Å². The molecule has 0 fully saturated rings. The van der Waals surface area contributed by atoms with Crippen molar-refractivity contribution in [2.24, 2.45) is 4.99 Å². The summed E-state index contributed by atoms with van der Waals surface area (Å²) in [4.78, 5) is 17.6. The van der Waals surface area contributed by atoms with Gasteiger partial charge >= 0.3 is 12.3 Å². The Balaban J connectivity index is 2.29. The number of aliphatic imine (C=N–C) groups is 1. The number of ether oxygens (including phenoxy) is 2. The van der Waals surface area contributed by atoms with Crippen molar-refractivity contribution in [3.8, 4) is 0 Å². The highest BCUT2D eigenvalue weighted by atomic mass is 19.4. The van der Waals surface area contributed by atoms with Crippen LogP contribution in [0.1, 0.15) is 20.8 Å². The molecule has 1 aliphatic heterocycles. The lowest BCUT2D eigenvalue weighted by Crippen LogP contribution is -2.47. The average molecular weight is 325 g/mol. The molecule has 0 bridgehead atoms. The highest BCUT2D eigenvalue weighted by Crippen LogP contribution is 2.14. The summed E-state index contributed by atoms with van der Waals surface area (Å²) < 4.78 is 45.4. The van der Waals surface area contributed by atoms with Gasteiger partial charge in [-0.05, 0) is 20.8 Å². The van der Waals surface area contributed by atoms with E-state index >= 15 is 0 Å². The number of amidine groups is 1. The van der Waals surface area contributed by atoms with Gasteiger partial charge in [0, 0.05) is 13.1 Å². The van der Waals surface area contributed by atoms with Gasteiger partial charge in [-0.3, -0.25) is 9.89 Å². The van der Waals surface area contributed by atoms with E-state index in [0.29, 0.717) is 18.9 Å². The molecule has 1 aliphatic rings. The fourth-order valence-corrected chi connectivity index (χ4v) is 1.67. The SMILES string of the molecule is CC(C)(C)OC(=O)N1CCN=C(NCCOCC(F)(F)F)C1. The van der Waals surface area contributed by atoms with Crippen LogP contribution < -0.4 is 5.32 Å². The number of hydrogen-bond acceptors (Lipinski definition) is 5. The number of carbonyl (C=O) groups is 1. The van der Waals surface area contributed by atoms with Crippen molar-refractivity contribution in [3.05, 3.63) is 0 Å². The summed E-state index contributed by atoms with van der Waals surface area (Å²) in [5, 5.41) is 2.86. The Morgan fingerprint density at radius 3 is 2.64 bits per heavy atom. The molecular formula is C13H22F3N3O3. The minimum Gasteiger partial charge on any atom is -0.444 e. The monoisotopic (exact) mass is 325 g/mol. The average Bonchev–Trinajstić information content (AvgIpc) is 2.35. The van der Waals surface area contributed by atoms with Crippen LogP contribution in [0.3, 0.4) is 0 Å². The molecule has 0 aromatic carbocycles. The second kappa shape index (κ2) is 7.66. The molecule has 1 amide bonds. The van der Waals surface area contributed by atoms with Crippen LogP contribution in [0, 0.1) is 0 Å². The third-order valence-electron chi connectivity index (χ3n) is 2.51. The lowest BCUT2D eigenvalue weighted by molar-refractivity contribution is -0.173. The molecule has 6 nitrogen and oxygen atoms in total. The minimum atomic E-state index is -4.32. The fourth-order valence-electron chi connectivity index (χ4n) is 1.67. The Morgan fingerprint density at radius 1 is 1.36 bits per heavy atom. The lowest BCUT2D eigenvalue weighted by atomic mass is 10.2. The van der Waals surface area contributed by atoms with Gasteiger partial charge in [0.1, 0.15) is 18.0 Å². The molecule has 0 radical (unpaired) electrons. The molecule has 128 valence electrons. The number of alkyl halides is 3. The number of rotatable bonds is 4. The van der Waals surface area contributed by atoms with Gasteiger partial charge in [-0.1, -0.05) is 0 Å². The molecule has 0 saturated carbocycles. The summed E-state index contributed by atoms with van der Waals surface area (Å²) in [5.41, 5.74) is -0.579. The quantitative estimate of drug-likeness (QED) is 0.801. The summed E-state index contributed by atoms with van der Waals surface area (Å²) in [5.74, 6) is 0.535. The first-order chi connectivity index (χ1) is 10.1. The predicted molar refractivity (Wildman–Crippen MR) is 75.0 cm³/mol. The molecular weight excluding hydrogens is 303 g/mol. The molecule has 1 heterocycles. The molecule has 0 saturated heterocycles. The summed E-state index contributed by atoms with van der Waals surface area (Å²) in [6, 6.07) is 0. The number of carbonyl (C=O) groups excluding carboxylic acids is 1. The van der Waals surface area contributed by atoms with E-state index in [9.17, 15) is 18.0 Å². The van der Waals surface area contributed by atoms with E-state index in [4.69, 9.17) is 4.74 Å². The first-order valence-corrected chi connectivity index (χ1v) is 6.96. The topological polar surface area (TPSA) is 63.2 Å². The van der Waals surface area contributed by atoms with E-state index in [-0.39, 0.29) is 19.7 Å². The number of nitrogens with zero attached hydrogens (tertiary/aromatic N) is 2. The van der Waals surface area contributed by atoms with Crippen LogP contribution in [0.2, 0.25) is 0 Å². The van der Waals surface area contributed by atoms with Crippen molar-refractivity contribution in [1.29, 1.82) is 0 Å². The number of nitrogens with one attached hydrogen (secondary N) is 1. The van der Waals surface area contributed by atoms with Crippen LogP contribution in [0.5, 0.6) is 0 Å². The molecule has 0 aromatic rings. The largest absolute Gasteiger partial charge is 0.444 e. The summed E-state index contributed by atoms with van der Waals surface area (Å²) in [7, 11) is 0. The second-order valence-corrected chi connectivity index (χ2v) is 5.82. The zero-order valence-corrected chi connectivity index (χ0v) is 13.0. The summed E-state index contributed by atoms with van der Waals surface area (Å²) in [6.07, 6.45) is -4.76. The van der Waals surface area contributed by atoms with E-state index in [2.05, 4.69) is 15.0 Å². The molecule has 0 spiro atoms. The first-order valence-electron chi connectivity index (χ1n) is 6.96. The van der Waals surface area contributed by atoms with E-state index in [1.54, 1.807) is 20.8 Å². The van der Waals surface area contributed by atoms with E-state index in [1.165, 1.54) is 4.90 Å². The Hall–Kier alpha value is -1.51. The van der Waals surface area contributed by atoms with Crippen LogP contribution in [0.25, 0.3) is 0 Å². The maximum absolute atomic E-state index is 11.9. The van der Waals surface area contributed by atoms with Crippen molar-refractivity contribution >= 4 is 11.9 Å². The smallest absolute Gasteiger partial charge is 0.411 e. The number of halogens is 3. The van der Waals surface area contributed by atoms with E-state index < -0.39 is 24.5 Å². The van der Waals surface area contributed by atoms with Crippen molar-refractivity contribution < 1.29 is 27.4 Å². The Bertz CT molecular complexity index is 406. The Morgan fingerprint density at radius 2 is 2.05 bits per heavy atom. The van der Waals surface area contributed by atoms with Gasteiger partial charge in [-0.2, -0.15) is 13.2 Å². The van der Waals surface area contributed by atoms with Crippen LogP contribution in [0.15, 0.2) is 4.99 Å². The summed E-state index contributed by atoms with van der Waals surface area (Å²) >= 11 is 0. The zero-order chi connectivity index (χ0) is 16.8. The molecule has 0 aliphatic carbocycles. The predicted octanol–water partition coefficient (Wildman–Crippen LogP) is 1.80. The van der Waals surface area contributed by atoms with Gasteiger partial charge in [0.15, 0.2) is 0 Å². The lowest BCUT2D eigenvalue weighted by Gasteiger charge is -2.29. The highest BCUT2D eigenvalue weighted by molar-refractivity contribution is 5.87. The van der Waals surface area contributed by atoms with Crippen LogP contribution in [0.4, 0.5) is 18.0 Å². The van der Waals surface area contributed by atoms with Crippen molar-refractivity contribution in [3.63, 3.8) is 0 Å². The van der Waals surface area contributed by atoms with Crippen LogP contribution >= 0.6 is 0 Å². The van der Waals surface area contributed by atoms with Gasteiger partial charge in [-0.15, -0.1) is 0 Å². The molecule has 0 atom stereocenters. The van der Waals surface area contributed by atoms with Gasteiger partial charge in [0.05, 0.1) is 19.7 Å². The third kappa shape index (κ3) is 8.06. The highest BCUT2D eigenvalue weighted by Gasteiger charge is 2.27. The normalized spacial score (nSPS) is 16.3. The third-order valence-corrected chi connectivity index (χ3v) is 2.51. The number of amides is 1. The van der Waals surface area contributed by atoms with Gasteiger partial charge in [0.25, 0.3) is 0 Å². The van der Waals surface area contributed by atoms with Gasteiger partial charge < -0.3 is 14.8 Å². The molecule has 9 heteroatoms.